The van der Waals surface area contributed by atoms with Gasteiger partial charge in [-0.3, -0.25) is 0 Å². The Balaban J connectivity index is 2.04. The van der Waals surface area contributed by atoms with Crippen LogP contribution in [-0.4, -0.2) is 14.9 Å². The molecule has 0 aliphatic heterocycles. The van der Waals surface area contributed by atoms with Crippen molar-refractivity contribution in [1.82, 2.24) is 9.78 Å². The summed E-state index contributed by atoms with van der Waals surface area (Å²) in [4.78, 5) is 0. The summed E-state index contributed by atoms with van der Waals surface area (Å²) in [5, 5.41) is 15.6. The number of hydrogen-bond donors (Lipinski definition) is 1. The van der Waals surface area contributed by atoms with E-state index in [1.54, 1.807) is 24.4 Å². The maximum absolute atomic E-state index is 10.4. The Morgan fingerprint density at radius 1 is 0.846 bits per heavy atom. The molecule has 4 aromatic rings. The fraction of sp³-hybridized carbons (Fsp3) is 0. The number of halogens is 2. The van der Waals surface area contributed by atoms with Crippen molar-refractivity contribution in [3.63, 3.8) is 0 Å². The minimum absolute atomic E-state index is 0.175. The lowest BCUT2D eigenvalue weighted by Crippen LogP contribution is -2.00. The predicted octanol–water partition coefficient (Wildman–Crippen LogP) is 6.17. The van der Waals surface area contributed by atoms with Crippen LogP contribution in [0.2, 0.25) is 5.02 Å². The maximum Gasteiger partial charge on any atom is 0.123 e. The van der Waals surface area contributed by atoms with E-state index in [-0.39, 0.29) is 5.75 Å². The van der Waals surface area contributed by atoms with Crippen molar-refractivity contribution in [2.75, 3.05) is 0 Å². The number of aromatic hydroxyl groups is 1. The highest BCUT2D eigenvalue weighted by Crippen LogP contribution is 2.40. The molecule has 0 bridgehead atoms. The van der Waals surface area contributed by atoms with Crippen molar-refractivity contribution < 1.29 is 5.11 Å². The molecule has 3 nitrogen and oxygen atoms in total. The van der Waals surface area contributed by atoms with Crippen molar-refractivity contribution in [1.29, 1.82) is 0 Å². The van der Waals surface area contributed by atoms with Gasteiger partial charge in [0.05, 0.1) is 17.6 Å². The number of nitrogens with zero attached hydrogens (tertiary/aromatic N) is 2. The van der Waals surface area contributed by atoms with E-state index in [1.165, 1.54) is 0 Å². The first-order valence-electron chi connectivity index (χ1n) is 8.02. The van der Waals surface area contributed by atoms with Gasteiger partial charge < -0.3 is 5.11 Å². The van der Waals surface area contributed by atoms with Gasteiger partial charge in [0.15, 0.2) is 0 Å². The molecular formula is C21H14ClIN2O. The molecule has 4 rings (SSSR count). The summed E-state index contributed by atoms with van der Waals surface area (Å²) in [5.74, 6) is 0.175. The normalized spacial score (nSPS) is 10.8. The lowest BCUT2D eigenvalue weighted by atomic mass is 10.0. The van der Waals surface area contributed by atoms with Gasteiger partial charge in [-0.2, -0.15) is 5.10 Å². The molecule has 26 heavy (non-hydrogen) atoms. The van der Waals surface area contributed by atoms with Gasteiger partial charge in [-0.1, -0.05) is 48.0 Å². The topological polar surface area (TPSA) is 38.1 Å². The zero-order chi connectivity index (χ0) is 18.1. The van der Waals surface area contributed by atoms with Crippen LogP contribution >= 0.6 is 34.2 Å². The highest BCUT2D eigenvalue weighted by Gasteiger charge is 2.20. The highest BCUT2D eigenvalue weighted by atomic mass is 127. The Morgan fingerprint density at radius 2 is 1.58 bits per heavy atom. The second-order valence-electron chi connectivity index (χ2n) is 5.80. The molecule has 0 aliphatic rings. The lowest BCUT2D eigenvalue weighted by molar-refractivity contribution is 0.477. The summed E-state index contributed by atoms with van der Waals surface area (Å²) < 4.78 is 3.00. The number of hydrogen-bond acceptors (Lipinski definition) is 2. The van der Waals surface area contributed by atoms with E-state index in [0.29, 0.717) is 10.6 Å². The second kappa shape index (κ2) is 7.13. The third-order valence-electron chi connectivity index (χ3n) is 4.15. The van der Waals surface area contributed by atoms with Crippen molar-refractivity contribution in [2.45, 2.75) is 0 Å². The van der Waals surface area contributed by atoms with E-state index < -0.39 is 0 Å². The summed E-state index contributed by atoms with van der Waals surface area (Å²) in [6.45, 7) is 0. The number of phenols is 1. The molecule has 1 heterocycles. The molecule has 0 spiro atoms. The van der Waals surface area contributed by atoms with Gasteiger partial charge in [0.25, 0.3) is 0 Å². The molecule has 128 valence electrons. The Bertz CT molecular complexity index is 1080. The molecular weight excluding hydrogens is 459 g/mol. The zero-order valence-electron chi connectivity index (χ0n) is 13.6. The molecule has 0 fully saturated rings. The predicted molar refractivity (Wildman–Crippen MR) is 114 cm³/mol. The van der Waals surface area contributed by atoms with Crippen LogP contribution < -0.4 is 0 Å². The number of aromatic nitrogens is 2. The molecule has 3 aromatic carbocycles. The number of rotatable bonds is 3. The van der Waals surface area contributed by atoms with Crippen LogP contribution in [0.25, 0.3) is 28.1 Å². The van der Waals surface area contributed by atoms with Gasteiger partial charge in [-0.25, -0.2) is 4.68 Å². The Labute approximate surface area is 170 Å². The first-order valence-corrected chi connectivity index (χ1v) is 9.48. The first kappa shape index (κ1) is 17.1. The third-order valence-corrected chi connectivity index (χ3v) is 5.32. The van der Waals surface area contributed by atoms with Crippen LogP contribution in [0.4, 0.5) is 0 Å². The van der Waals surface area contributed by atoms with Crippen molar-refractivity contribution >= 4 is 34.2 Å². The van der Waals surface area contributed by atoms with E-state index in [1.807, 2.05) is 47.1 Å². The molecule has 0 amide bonds. The molecule has 0 saturated carbocycles. The van der Waals surface area contributed by atoms with Crippen LogP contribution in [0.3, 0.4) is 0 Å². The molecule has 0 saturated heterocycles. The minimum Gasteiger partial charge on any atom is -0.507 e. The molecule has 1 N–H and O–H groups in total. The van der Waals surface area contributed by atoms with E-state index in [4.69, 9.17) is 11.6 Å². The average Bonchev–Trinajstić information content (AvgIpc) is 3.09. The number of para-hydroxylation sites is 1. The van der Waals surface area contributed by atoms with E-state index in [0.717, 1.165) is 26.1 Å². The molecule has 1 aromatic heterocycles. The van der Waals surface area contributed by atoms with Crippen LogP contribution in [0.1, 0.15) is 0 Å². The van der Waals surface area contributed by atoms with Crippen LogP contribution in [0, 0.1) is 3.57 Å². The van der Waals surface area contributed by atoms with Gasteiger partial charge in [0.1, 0.15) is 5.75 Å². The van der Waals surface area contributed by atoms with Crippen LogP contribution in [0.15, 0.2) is 79.0 Å². The summed E-state index contributed by atoms with van der Waals surface area (Å²) in [6, 6.07) is 23.1. The Morgan fingerprint density at radius 3 is 2.35 bits per heavy atom. The summed E-state index contributed by atoms with van der Waals surface area (Å²) in [6.07, 6.45) is 1.77. The van der Waals surface area contributed by atoms with Gasteiger partial charge >= 0.3 is 0 Å². The monoisotopic (exact) mass is 472 g/mol. The summed E-state index contributed by atoms with van der Waals surface area (Å²) in [7, 11) is 0. The van der Waals surface area contributed by atoms with Gasteiger partial charge in [0.2, 0.25) is 0 Å². The standard InChI is InChI=1S/C21H14ClIN2O/c22-14-10-11-20(26)17(12-14)18-13-24-25(15-6-2-1-3-7-15)21(18)16-8-4-5-9-19(16)23/h1-13,26H. The first-order chi connectivity index (χ1) is 12.6. The van der Waals surface area contributed by atoms with Crippen LogP contribution in [0.5, 0.6) is 5.75 Å². The maximum atomic E-state index is 10.4. The second-order valence-corrected chi connectivity index (χ2v) is 7.39. The third kappa shape index (κ3) is 3.10. The SMILES string of the molecule is Oc1ccc(Cl)cc1-c1cnn(-c2ccccc2)c1-c1ccccc1I. The lowest BCUT2D eigenvalue weighted by Gasteiger charge is -2.13. The largest absolute Gasteiger partial charge is 0.507 e. The average molecular weight is 473 g/mol. The van der Waals surface area contributed by atoms with Gasteiger partial charge in [0, 0.05) is 25.3 Å². The Hall–Kier alpha value is -2.31. The van der Waals surface area contributed by atoms with Crippen molar-refractivity contribution in [2.24, 2.45) is 0 Å². The van der Waals surface area contributed by atoms with E-state index >= 15 is 0 Å². The molecule has 0 unspecified atom stereocenters. The van der Waals surface area contributed by atoms with Crippen molar-refractivity contribution in [3.8, 4) is 33.8 Å². The van der Waals surface area contributed by atoms with E-state index in [9.17, 15) is 5.11 Å². The van der Waals surface area contributed by atoms with Gasteiger partial charge in [-0.05, 0) is 59.0 Å². The van der Waals surface area contributed by atoms with Gasteiger partial charge in [-0.15, -0.1) is 0 Å². The zero-order valence-corrected chi connectivity index (χ0v) is 16.5. The molecule has 5 heteroatoms. The number of benzene rings is 3. The molecule has 0 aliphatic carbocycles. The molecule has 0 radical (unpaired) electrons. The van der Waals surface area contributed by atoms with Crippen molar-refractivity contribution in [3.05, 3.63) is 87.6 Å². The molecule has 0 atom stereocenters. The fourth-order valence-electron chi connectivity index (χ4n) is 2.95. The Kier molecular flexibility index (Phi) is 4.70. The minimum atomic E-state index is 0.175. The fourth-order valence-corrected chi connectivity index (χ4v) is 3.76. The summed E-state index contributed by atoms with van der Waals surface area (Å²) in [5.41, 5.74) is 4.41. The van der Waals surface area contributed by atoms with E-state index in [2.05, 4.69) is 39.8 Å². The smallest absolute Gasteiger partial charge is 0.123 e. The quantitative estimate of drug-likeness (QED) is 0.362. The summed E-state index contributed by atoms with van der Waals surface area (Å²) >= 11 is 8.50. The van der Waals surface area contributed by atoms with Crippen LogP contribution in [-0.2, 0) is 0 Å². The highest BCUT2D eigenvalue weighted by molar-refractivity contribution is 14.1. The number of phenolic OH excluding ortho intramolecular Hbond substituents is 1.